The van der Waals surface area contributed by atoms with Gasteiger partial charge in [-0.1, -0.05) is 35.0 Å². The Morgan fingerprint density at radius 2 is 1.81 bits per heavy atom. The highest BCUT2D eigenvalue weighted by atomic mass is 35.5. The average molecular weight is 312 g/mol. The summed E-state index contributed by atoms with van der Waals surface area (Å²) in [5.74, 6) is 0.716. The quantitative estimate of drug-likeness (QED) is 0.762. The number of aromatic nitrogens is 2. The summed E-state index contributed by atoms with van der Waals surface area (Å²) >= 11 is 20.1. The van der Waals surface area contributed by atoms with Gasteiger partial charge in [0.2, 0.25) is 9.62 Å². The van der Waals surface area contributed by atoms with E-state index < -0.39 is 0 Å². The predicted molar refractivity (Wildman–Crippen MR) is 70.9 cm³/mol. The van der Waals surface area contributed by atoms with Gasteiger partial charge in [-0.2, -0.15) is 9.36 Å². The van der Waals surface area contributed by atoms with Crippen LogP contribution >= 0.6 is 58.1 Å². The summed E-state index contributed by atoms with van der Waals surface area (Å²) in [5.41, 5.74) is 1.04. The molecule has 1 aromatic heterocycles. The van der Waals surface area contributed by atoms with E-state index in [0.29, 0.717) is 25.4 Å². The van der Waals surface area contributed by atoms with Gasteiger partial charge in [-0.05, 0) is 46.9 Å². The molecule has 16 heavy (non-hydrogen) atoms. The number of nitrogens with zero attached hydrogens (tertiary/aromatic N) is 2. The van der Waals surface area contributed by atoms with Crippen LogP contribution in [0.1, 0.15) is 5.56 Å². The molecule has 7 heteroatoms. The molecule has 2 rings (SSSR count). The maximum absolute atomic E-state index is 5.89. The van der Waals surface area contributed by atoms with Gasteiger partial charge in [0, 0.05) is 15.8 Å². The molecule has 0 saturated heterocycles. The second-order valence-corrected chi connectivity index (χ2v) is 6.05. The Labute approximate surface area is 116 Å². The maximum Gasteiger partial charge on any atom is 0.204 e. The van der Waals surface area contributed by atoms with Crippen molar-refractivity contribution in [1.29, 1.82) is 0 Å². The fourth-order valence-corrected chi connectivity index (χ4v) is 3.22. The molecule has 0 aliphatic heterocycles. The molecule has 0 atom stereocenters. The van der Waals surface area contributed by atoms with E-state index in [-0.39, 0.29) is 0 Å². The van der Waals surface area contributed by atoms with Crippen molar-refractivity contribution in [3.05, 3.63) is 38.3 Å². The normalized spacial score (nSPS) is 10.7. The third-order valence-corrected chi connectivity index (χ3v) is 3.94. The van der Waals surface area contributed by atoms with E-state index in [1.54, 1.807) is 6.07 Å². The topological polar surface area (TPSA) is 25.8 Å². The Balaban J connectivity index is 2.04. The molecule has 0 aliphatic rings. The van der Waals surface area contributed by atoms with E-state index in [1.807, 2.05) is 12.1 Å². The highest BCUT2D eigenvalue weighted by molar-refractivity contribution is 7.98. The van der Waals surface area contributed by atoms with Gasteiger partial charge in [0.05, 0.1) is 0 Å². The lowest BCUT2D eigenvalue weighted by molar-refractivity contribution is 1.08. The summed E-state index contributed by atoms with van der Waals surface area (Å²) in [4.78, 5) is 4.04. The standard InChI is InChI=1S/C9H5Cl3N2S2/c10-6-1-5(2-7(11)3-6)4-15-9-13-8(12)16-14-9/h1-3H,4H2. The summed E-state index contributed by atoms with van der Waals surface area (Å²) in [7, 11) is 0. The smallest absolute Gasteiger partial charge is 0.198 e. The largest absolute Gasteiger partial charge is 0.204 e. The lowest BCUT2D eigenvalue weighted by Gasteiger charge is -2.00. The number of hydrogen-bond donors (Lipinski definition) is 0. The first-order valence-electron chi connectivity index (χ1n) is 4.20. The van der Waals surface area contributed by atoms with Crippen molar-refractivity contribution in [2.45, 2.75) is 10.9 Å². The first kappa shape index (κ1) is 12.5. The van der Waals surface area contributed by atoms with Gasteiger partial charge >= 0.3 is 0 Å². The van der Waals surface area contributed by atoms with Crippen molar-refractivity contribution in [2.75, 3.05) is 0 Å². The third-order valence-electron chi connectivity index (χ3n) is 1.67. The molecule has 0 spiro atoms. The molecule has 0 radical (unpaired) electrons. The minimum atomic E-state index is 0.451. The van der Waals surface area contributed by atoms with Crippen LogP contribution in [0, 0.1) is 0 Å². The van der Waals surface area contributed by atoms with Crippen molar-refractivity contribution >= 4 is 58.1 Å². The van der Waals surface area contributed by atoms with Crippen LogP contribution in [-0.4, -0.2) is 9.36 Å². The van der Waals surface area contributed by atoms with Crippen molar-refractivity contribution in [2.24, 2.45) is 0 Å². The van der Waals surface area contributed by atoms with E-state index >= 15 is 0 Å². The van der Waals surface area contributed by atoms with Crippen molar-refractivity contribution in [1.82, 2.24) is 9.36 Å². The van der Waals surface area contributed by atoms with Crippen LogP contribution in [-0.2, 0) is 5.75 Å². The number of hydrogen-bond acceptors (Lipinski definition) is 4. The van der Waals surface area contributed by atoms with Crippen LogP contribution in [0.3, 0.4) is 0 Å². The van der Waals surface area contributed by atoms with Crippen LogP contribution in [0.2, 0.25) is 14.5 Å². The summed E-state index contributed by atoms with van der Waals surface area (Å²) in [6, 6.07) is 5.44. The van der Waals surface area contributed by atoms with E-state index in [9.17, 15) is 0 Å². The fourth-order valence-electron chi connectivity index (χ4n) is 1.09. The molecule has 84 valence electrons. The molecular weight excluding hydrogens is 307 g/mol. The fraction of sp³-hybridized carbons (Fsp3) is 0.111. The Bertz CT molecular complexity index is 481. The predicted octanol–water partition coefficient (Wildman–Crippen LogP) is 4.79. The molecule has 1 aromatic carbocycles. The van der Waals surface area contributed by atoms with Crippen LogP contribution in [0.4, 0.5) is 0 Å². The zero-order valence-corrected chi connectivity index (χ0v) is 11.7. The molecule has 0 saturated carbocycles. The zero-order valence-electron chi connectivity index (χ0n) is 7.78. The SMILES string of the molecule is Clc1cc(Cl)cc(CSc2nsc(Cl)n2)c1. The Hall–Kier alpha value is -0.000000000000000167. The molecule has 0 fully saturated rings. The summed E-state index contributed by atoms with van der Waals surface area (Å²) in [6.07, 6.45) is 0. The maximum atomic E-state index is 5.89. The van der Waals surface area contributed by atoms with Crippen molar-refractivity contribution in [3.8, 4) is 0 Å². The van der Waals surface area contributed by atoms with Crippen molar-refractivity contribution in [3.63, 3.8) is 0 Å². The molecule has 0 N–H and O–H groups in total. The van der Waals surface area contributed by atoms with Crippen LogP contribution < -0.4 is 0 Å². The number of benzene rings is 1. The van der Waals surface area contributed by atoms with Gasteiger partial charge in [-0.15, -0.1) is 0 Å². The third kappa shape index (κ3) is 3.50. The van der Waals surface area contributed by atoms with Gasteiger partial charge in [0.25, 0.3) is 0 Å². The number of rotatable bonds is 3. The van der Waals surface area contributed by atoms with E-state index in [1.165, 1.54) is 23.3 Å². The zero-order chi connectivity index (χ0) is 11.5. The molecule has 0 aliphatic carbocycles. The van der Waals surface area contributed by atoms with E-state index in [4.69, 9.17) is 34.8 Å². The Kier molecular flexibility index (Phi) is 4.33. The molecule has 0 amide bonds. The number of thioether (sulfide) groups is 1. The first-order chi connectivity index (χ1) is 7.63. The molecule has 0 bridgehead atoms. The van der Waals surface area contributed by atoms with Crippen molar-refractivity contribution < 1.29 is 0 Å². The first-order valence-corrected chi connectivity index (χ1v) is 7.10. The highest BCUT2D eigenvalue weighted by Crippen LogP contribution is 2.26. The van der Waals surface area contributed by atoms with E-state index in [2.05, 4.69) is 9.36 Å². The molecule has 0 unspecified atom stereocenters. The second kappa shape index (κ2) is 5.56. The lowest BCUT2D eigenvalue weighted by Crippen LogP contribution is -1.82. The number of halogens is 3. The van der Waals surface area contributed by atoms with Gasteiger partial charge in [0.1, 0.15) is 0 Å². The molecular formula is C9H5Cl3N2S2. The second-order valence-electron chi connectivity index (χ2n) is 2.90. The van der Waals surface area contributed by atoms with Crippen LogP contribution in [0.5, 0.6) is 0 Å². The summed E-state index contributed by atoms with van der Waals surface area (Å²) in [5, 5.41) is 1.94. The summed E-state index contributed by atoms with van der Waals surface area (Å²) < 4.78 is 4.52. The van der Waals surface area contributed by atoms with E-state index in [0.717, 1.165) is 5.56 Å². The molecule has 2 nitrogen and oxygen atoms in total. The Morgan fingerprint density at radius 1 is 1.12 bits per heavy atom. The van der Waals surface area contributed by atoms with Gasteiger partial charge in [-0.3, -0.25) is 0 Å². The lowest BCUT2D eigenvalue weighted by atomic mass is 10.2. The average Bonchev–Trinajstić information content (AvgIpc) is 2.60. The van der Waals surface area contributed by atoms with Crippen LogP contribution in [0.25, 0.3) is 0 Å². The van der Waals surface area contributed by atoms with Crippen LogP contribution in [0.15, 0.2) is 23.4 Å². The minimum Gasteiger partial charge on any atom is -0.198 e. The Morgan fingerprint density at radius 3 is 2.38 bits per heavy atom. The monoisotopic (exact) mass is 310 g/mol. The minimum absolute atomic E-state index is 0.451. The van der Waals surface area contributed by atoms with Gasteiger partial charge in [-0.25, -0.2) is 0 Å². The highest BCUT2D eigenvalue weighted by Gasteiger charge is 2.04. The van der Waals surface area contributed by atoms with Gasteiger partial charge in [0.15, 0.2) is 0 Å². The van der Waals surface area contributed by atoms with Gasteiger partial charge < -0.3 is 0 Å². The molecule has 1 heterocycles. The summed E-state index contributed by atoms with van der Waals surface area (Å²) in [6.45, 7) is 0. The molecule has 2 aromatic rings.